The Kier molecular flexibility index (Phi) is 7.70. The minimum atomic E-state index is -0.578. The molecule has 1 rings (SSSR count). The summed E-state index contributed by atoms with van der Waals surface area (Å²) in [5.74, 6) is -1.37. The molecule has 23 heavy (non-hydrogen) atoms. The highest BCUT2D eigenvalue weighted by Crippen LogP contribution is 2.34. The van der Waals surface area contributed by atoms with Gasteiger partial charge < -0.3 is 20.5 Å². The lowest BCUT2D eigenvalue weighted by atomic mass is 10.1. The first-order chi connectivity index (χ1) is 11.0. The summed E-state index contributed by atoms with van der Waals surface area (Å²) in [5.41, 5.74) is 6.02. The van der Waals surface area contributed by atoms with Gasteiger partial charge in [-0.1, -0.05) is 0 Å². The van der Waals surface area contributed by atoms with Crippen molar-refractivity contribution in [2.75, 3.05) is 25.1 Å². The largest absolute Gasteiger partial charge is 0.462 e. The summed E-state index contributed by atoms with van der Waals surface area (Å²) in [4.78, 5) is 36.3. The molecule has 0 spiro atoms. The molecule has 0 aliphatic carbocycles. The molecule has 7 nitrogen and oxygen atoms in total. The maximum atomic E-state index is 12.1. The number of hydrogen-bond acceptors (Lipinski definition) is 7. The normalized spacial score (nSPS) is 10.3. The Morgan fingerprint density at radius 3 is 2.30 bits per heavy atom. The number of anilines is 1. The van der Waals surface area contributed by atoms with E-state index >= 15 is 0 Å². The van der Waals surface area contributed by atoms with Crippen LogP contribution in [0.1, 0.15) is 52.3 Å². The molecule has 1 heterocycles. The van der Waals surface area contributed by atoms with Crippen LogP contribution in [0.3, 0.4) is 0 Å². The molecule has 0 aliphatic rings. The van der Waals surface area contributed by atoms with Crippen LogP contribution in [-0.2, 0) is 14.3 Å². The smallest absolute Gasteiger partial charge is 0.348 e. The Hall–Kier alpha value is -1.93. The topological polar surface area (TPSA) is 108 Å². The molecule has 0 radical (unpaired) electrons. The third-order valence-corrected chi connectivity index (χ3v) is 4.14. The standard InChI is InChI=1S/C15H22N2O5S/c1-4-21-14(19)11-9(3)12(15(20)22-5-2)23-13(11)17-10(18)7-6-8-16/h4-8,16H2,1-3H3,(H,17,18). The Balaban J connectivity index is 3.14. The van der Waals surface area contributed by atoms with Gasteiger partial charge >= 0.3 is 11.9 Å². The molecule has 0 fully saturated rings. The average molecular weight is 342 g/mol. The quantitative estimate of drug-likeness (QED) is 0.700. The summed E-state index contributed by atoms with van der Waals surface area (Å²) in [5, 5.41) is 2.96. The molecule has 0 aliphatic heterocycles. The van der Waals surface area contributed by atoms with Gasteiger partial charge in [-0.05, 0) is 39.3 Å². The van der Waals surface area contributed by atoms with Crippen molar-refractivity contribution in [3.05, 3.63) is 16.0 Å². The summed E-state index contributed by atoms with van der Waals surface area (Å²) >= 11 is 1.01. The number of carbonyl (C=O) groups excluding carboxylic acids is 3. The second-order valence-corrected chi connectivity index (χ2v) is 5.66. The van der Waals surface area contributed by atoms with Crippen LogP contribution < -0.4 is 11.1 Å². The Morgan fingerprint density at radius 1 is 1.13 bits per heavy atom. The molecule has 128 valence electrons. The summed E-state index contributed by atoms with van der Waals surface area (Å²) in [7, 11) is 0. The molecular weight excluding hydrogens is 320 g/mol. The van der Waals surface area contributed by atoms with Crippen LogP contribution in [0.5, 0.6) is 0 Å². The van der Waals surface area contributed by atoms with E-state index in [0.29, 0.717) is 23.5 Å². The lowest BCUT2D eigenvalue weighted by Gasteiger charge is -2.06. The van der Waals surface area contributed by atoms with E-state index in [2.05, 4.69) is 5.32 Å². The minimum absolute atomic E-state index is 0.195. The second kappa shape index (κ2) is 9.26. The molecule has 1 amide bonds. The zero-order valence-corrected chi connectivity index (χ0v) is 14.4. The summed E-state index contributed by atoms with van der Waals surface area (Å²) in [6, 6.07) is 0. The van der Waals surface area contributed by atoms with E-state index in [1.165, 1.54) is 0 Å². The molecule has 0 saturated carbocycles. The zero-order valence-electron chi connectivity index (χ0n) is 13.6. The van der Waals surface area contributed by atoms with Crippen LogP contribution in [0.4, 0.5) is 5.00 Å². The summed E-state index contributed by atoms with van der Waals surface area (Å²) in [6.07, 6.45) is 0.778. The van der Waals surface area contributed by atoms with Crippen molar-refractivity contribution >= 4 is 34.2 Å². The third kappa shape index (κ3) is 5.04. The lowest BCUT2D eigenvalue weighted by molar-refractivity contribution is -0.116. The number of rotatable bonds is 8. The molecule has 0 aromatic carbocycles. The van der Waals surface area contributed by atoms with E-state index in [4.69, 9.17) is 15.2 Å². The molecule has 3 N–H and O–H groups in total. The van der Waals surface area contributed by atoms with Crippen molar-refractivity contribution in [1.82, 2.24) is 0 Å². The van der Waals surface area contributed by atoms with Gasteiger partial charge in [0.2, 0.25) is 5.91 Å². The second-order valence-electron chi connectivity index (χ2n) is 4.64. The highest BCUT2D eigenvalue weighted by molar-refractivity contribution is 7.18. The Labute approximate surface area is 139 Å². The first kappa shape index (κ1) is 19.1. The van der Waals surface area contributed by atoms with Crippen LogP contribution >= 0.6 is 11.3 Å². The number of hydrogen-bond donors (Lipinski definition) is 2. The zero-order chi connectivity index (χ0) is 17.4. The van der Waals surface area contributed by atoms with Gasteiger partial charge in [-0.15, -0.1) is 11.3 Å². The fourth-order valence-electron chi connectivity index (χ4n) is 1.89. The van der Waals surface area contributed by atoms with Crippen LogP contribution in [0.25, 0.3) is 0 Å². The van der Waals surface area contributed by atoms with Gasteiger partial charge in [0.15, 0.2) is 0 Å². The number of amides is 1. The summed E-state index contributed by atoms with van der Waals surface area (Å²) < 4.78 is 9.99. The SMILES string of the molecule is CCOC(=O)c1sc(NC(=O)CCCN)c(C(=O)OCC)c1C. The maximum absolute atomic E-state index is 12.1. The molecule has 0 unspecified atom stereocenters. The molecule has 0 bridgehead atoms. The highest BCUT2D eigenvalue weighted by atomic mass is 32.1. The van der Waals surface area contributed by atoms with Crippen molar-refractivity contribution in [2.45, 2.75) is 33.6 Å². The van der Waals surface area contributed by atoms with Gasteiger partial charge in [-0.3, -0.25) is 4.79 Å². The first-order valence-corrected chi connectivity index (χ1v) is 8.25. The molecular formula is C15H22N2O5S. The number of esters is 2. The van der Waals surface area contributed by atoms with E-state index in [0.717, 1.165) is 11.3 Å². The van der Waals surface area contributed by atoms with Crippen molar-refractivity contribution in [3.8, 4) is 0 Å². The van der Waals surface area contributed by atoms with Crippen LogP contribution in [0, 0.1) is 6.92 Å². The summed E-state index contributed by atoms with van der Waals surface area (Å²) in [6.45, 7) is 5.83. The predicted molar refractivity (Wildman–Crippen MR) is 87.9 cm³/mol. The monoisotopic (exact) mass is 342 g/mol. The fraction of sp³-hybridized carbons (Fsp3) is 0.533. The van der Waals surface area contributed by atoms with Gasteiger partial charge in [-0.25, -0.2) is 9.59 Å². The van der Waals surface area contributed by atoms with Crippen molar-refractivity contribution < 1.29 is 23.9 Å². The number of thiophene rings is 1. The van der Waals surface area contributed by atoms with Crippen molar-refractivity contribution in [2.24, 2.45) is 5.73 Å². The van der Waals surface area contributed by atoms with Crippen molar-refractivity contribution in [1.29, 1.82) is 0 Å². The third-order valence-electron chi connectivity index (χ3n) is 2.95. The van der Waals surface area contributed by atoms with Crippen LogP contribution in [0.15, 0.2) is 0 Å². The molecule has 0 atom stereocenters. The number of ether oxygens (including phenoxy) is 2. The Bertz CT molecular complexity index is 583. The van der Waals surface area contributed by atoms with E-state index in [-0.39, 0.29) is 36.0 Å². The number of nitrogens with two attached hydrogens (primary N) is 1. The van der Waals surface area contributed by atoms with E-state index in [1.54, 1.807) is 20.8 Å². The van der Waals surface area contributed by atoms with Crippen LogP contribution in [-0.4, -0.2) is 37.6 Å². The average Bonchev–Trinajstić information content (AvgIpc) is 2.82. The first-order valence-electron chi connectivity index (χ1n) is 7.43. The molecule has 8 heteroatoms. The van der Waals surface area contributed by atoms with Crippen molar-refractivity contribution in [3.63, 3.8) is 0 Å². The highest BCUT2D eigenvalue weighted by Gasteiger charge is 2.27. The van der Waals surface area contributed by atoms with E-state index in [9.17, 15) is 14.4 Å². The number of carbonyl (C=O) groups is 3. The van der Waals surface area contributed by atoms with Crippen LogP contribution in [0.2, 0.25) is 0 Å². The lowest BCUT2D eigenvalue weighted by Crippen LogP contribution is -2.15. The molecule has 1 aromatic heterocycles. The van der Waals surface area contributed by atoms with Gasteiger partial charge in [0.25, 0.3) is 0 Å². The molecule has 1 aromatic rings. The fourth-order valence-corrected chi connectivity index (χ4v) is 3.00. The van der Waals surface area contributed by atoms with Gasteiger partial charge in [-0.2, -0.15) is 0 Å². The molecule has 0 saturated heterocycles. The van der Waals surface area contributed by atoms with Gasteiger partial charge in [0, 0.05) is 6.42 Å². The van der Waals surface area contributed by atoms with E-state index < -0.39 is 11.9 Å². The number of nitrogens with one attached hydrogen (secondary N) is 1. The predicted octanol–water partition coefficient (Wildman–Crippen LogP) is 2.09. The van der Waals surface area contributed by atoms with E-state index in [1.807, 2.05) is 0 Å². The minimum Gasteiger partial charge on any atom is -0.462 e. The van der Waals surface area contributed by atoms with Gasteiger partial charge in [0.1, 0.15) is 9.88 Å². The van der Waals surface area contributed by atoms with Gasteiger partial charge in [0.05, 0.1) is 18.8 Å². The Morgan fingerprint density at radius 2 is 1.74 bits per heavy atom. The maximum Gasteiger partial charge on any atom is 0.348 e.